The molecule has 8 heteroatoms. The summed E-state index contributed by atoms with van der Waals surface area (Å²) in [7, 11) is 0. The van der Waals surface area contributed by atoms with Crippen LogP contribution < -0.4 is 4.74 Å². The summed E-state index contributed by atoms with van der Waals surface area (Å²) in [6.45, 7) is 1.87. The Bertz CT molecular complexity index is 604. The summed E-state index contributed by atoms with van der Waals surface area (Å²) in [5.74, 6) is -0.460. The number of fused-ring (bicyclic) bond motifs is 1. The van der Waals surface area contributed by atoms with Gasteiger partial charge in [-0.25, -0.2) is 0 Å². The van der Waals surface area contributed by atoms with Crippen LogP contribution in [-0.2, 0) is 4.74 Å². The third-order valence-electron chi connectivity index (χ3n) is 4.75. The zero-order chi connectivity index (χ0) is 17.4. The van der Waals surface area contributed by atoms with Gasteiger partial charge in [0.25, 0.3) is 5.91 Å². The zero-order valence-corrected chi connectivity index (χ0v) is 12.9. The average molecular weight is 345 g/mol. The molecule has 0 unspecified atom stereocenters. The van der Waals surface area contributed by atoms with E-state index in [9.17, 15) is 23.1 Å². The highest BCUT2D eigenvalue weighted by Gasteiger charge is 2.49. The van der Waals surface area contributed by atoms with Crippen LogP contribution in [0.4, 0.5) is 13.2 Å². The first-order chi connectivity index (χ1) is 11.3. The van der Waals surface area contributed by atoms with Crippen molar-refractivity contribution in [2.75, 3.05) is 32.9 Å². The van der Waals surface area contributed by atoms with E-state index in [0.29, 0.717) is 26.3 Å². The predicted octanol–water partition coefficient (Wildman–Crippen LogP) is 2.06. The van der Waals surface area contributed by atoms with Gasteiger partial charge in [0.1, 0.15) is 5.75 Å². The van der Waals surface area contributed by atoms with Crippen molar-refractivity contribution in [3.63, 3.8) is 0 Å². The quantitative estimate of drug-likeness (QED) is 0.911. The van der Waals surface area contributed by atoms with Crippen molar-refractivity contribution < 1.29 is 32.5 Å². The lowest BCUT2D eigenvalue weighted by atomic mass is 9.76. The van der Waals surface area contributed by atoms with Crippen LogP contribution in [0.1, 0.15) is 16.8 Å². The fraction of sp³-hybridized carbons (Fsp3) is 0.562. The number of ether oxygens (including phenoxy) is 2. The van der Waals surface area contributed by atoms with E-state index in [1.54, 1.807) is 4.90 Å². The van der Waals surface area contributed by atoms with Crippen molar-refractivity contribution in [1.82, 2.24) is 4.90 Å². The Morgan fingerprint density at radius 3 is 2.67 bits per heavy atom. The molecule has 24 heavy (non-hydrogen) atoms. The lowest BCUT2D eigenvalue weighted by Crippen LogP contribution is -2.43. The Morgan fingerprint density at radius 2 is 2.08 bits per heavy atom. The fourth-order valence-electron chi connectivity index (χ4n) is 3.46. The van der Waals surface area contributed by atoms with Crippen LogP contribution in [0.25, 0.3) is 0 Å². The number of carbonyl (C=O) groups is 1. The molecule has 5 nitrogen and oxygen atoms in total. The van der Waals surface area contributed by atoms with Gasteiger partial charge in [0.05, 0.1) is 13.2 Å². The van der Waals surface area contributed by atoms with Gasteiger partial charge in [-0.1, -0.05) is 0 Å². The van der Waals surface area contributed by atoms with Gasteiger partial charge in [0.15, 0.2) is 0 Å². The van der Waals surface area contributed by atoms with E-state index in [1.165, 1.54) is 12.1 Å². The molecule has 0 spiro atoms. The Morgan fingerprint density at radius 1 is 1.38 bits per heavy atom. The van der Waals surface area contributed by atoms with Gasteiger partial charge >= 0.3 is 6.36 Å². The summed E-state index contributed by atoms with van der Waals surface area (Å²) in [6, 6.07) is 4.87. The molecule has 0 bridgehead atoms. The summed E-state index contributed by atoms with van der Waals surface area (Å²) >= 11 is 0. The number of aliphatic hydroxyl groups is 1. The van der Waals surface area contributed by atoms with Gasteiger partial charge in [-0.15, -0.1) is 13.2 Å². The molecule has 1 amide bonds. The molecular weight excluding hydrogens is 327 g/mol. The van der Waals surface area contributed by atoms with Crippen LogP contribution in [0.5, 0.6) is 5.75 Å². The SMILES string of the molecule is O=C(c1ccc(OC(F)(F)F)cc1)N1C[C@@H]2CCOC[C@]2(CO)C1. The maximum absolute atomic E-state index is 12.6. The molecule has 0 aromatic heterocycles. The van der Waals surface area contributed by atoms with E-state index in [4.69, 9.17) is 4.74 Å². The molecule has 3 rings (SSSR count). The number of aliphatic hydroxyl groups excluding tert-OH is 1. The first-order valence-corrected chi connectivity index (χ1v) is 7.67. The van der Waals surface area contributed by atoms with Gasteiger partial charge in [-0.3, -0.25) is 4.79 Å². The van der Waals surface area contributed by atoms with E-state index < -0.39 is 11.8 Å². The molecule has 0 radical (unpaired) electrons. The standard InChI is InChI=1S/C16H18F3NO4/c17-16(18,19)24-13-3-1-11(2-4-13)14(22)20-7-12-5-6-23-10-15(12,8-20)9-21/h1-4,12,21H,5-10H2/t12-,15+/m0/s1. The number of hydrogen-bond acceptors (Lipinski definition) is 4. The number of rotatable bonds is 3. The van der Waals surface area contributed by atoms with Gasteiger partial charge in [0, 0.05) is 30.7 Å². The van der Waals surface area contributed by atoms with Crippen molar-refractivity contribution in [1.29, 1.82) is 0 Å². The predicted molar refractivity (Wildman–Crippen MR) is 77.5 cm³/mol. The second-order valence-corrected chi connectivity index (χ2v) is 6.32. The number of likely N-dealkylation sites (tertiary alicyclic amines) is 1. The maximum Gasteiger partial charge on any atom is 0.573 e. The Hall–Kier alpha value is -1.80. The second kappa shape index (κ2) is 6.25. The second-order valence-electron chi connectivity index (χ2n) is 6.32. The van der Waals surface area contributed by atoms with E-state index >= 15 is 0 Å². The summed E-state index contributed by atoms with van der Waals surface area (Å²) < 4.78 is 45.7. The Balaban J connectivity index is 1.71. The lowest BCUT2D eigenvalue weighted by molar-refractivity contribution is -0.274. The molecule has 0 saturated carbocycles. The lowest BCUT2D eigenvalue weighted by Gasteiger charge is -2.36. The summed E-state index contributed by atoms with van der Waals surface area (Å²) in [5.41, 5.74) is -0.148. The smallest absolute Gasteiger partial charge is 0.406 e. The molecule has 2 aliphatic rings. The molecule has 1 N–H and O–H groups in total. The first kappa shape index (κ1) is 17.0. The van der Waals surface area contributed by atoms with Crippen LogP contribution in [-0.4, -0.2) is 55.2 Å². The minimum Gasteiger partial charge on any atom is -0.406 e. The van der Waals surface area contributed by atoms with Crippen molar-refractivity contribution in [2.24, 2.45) is 11.3 Å². The molecule has 2 aliphatic heterocycles. The van der Waals surface area contributed by atoms with Gasteiger partial charge < -0.3 is 19.5 Å². The normalized spacial score (nSPS) is 27.0. The Kier molecular flexibility index (Phi) is 4.44. The molecule has 2 fully saturated rings. The van der Waals surface area contributed by atoms with Crippen molar-refractivity contribution in [3.05, 3.63) is 29.8 Å². The van der Waals surface area contributed by atoms with Crippen molar-refractivity contribution in [3.8, 4) is 5.75 Å². The average Bonchev–Trinajstić information content (AvgIpc) is 2.93. The Labute approximate surface area is 137 Å². The van der Waals surface area contributed by atoms with Crippen molar-refractivity contribution in [2.45, 2.75) is 12.8 Å². The zero-order valence-electron chi connectivity index (χ0n) is 12.9. The number of amides is 1. The third kappa shape index (κ3) is 3.34. The van der Waals surface area contributed by atoms with Crippen LogP contribution >= 0.6 is 0 Å². The number of hydrogen-bond donors (Lipinski definition) is 1. The monoisotopic (exact) mass is 345 g/mol. The highest BCUT2D eigenvalue weighted by Crippen LogP contribution is 2.41. The van der Waals surface area contributed by atoms with Gasteiger partial charge in [-0.2, -0.15) is 0 Å². The molecule has 2 saturated heterocycles. The minimum absolute atomic E-state index is 0.0557. The van der Waals surface area contributed by atoms with E-state index in [1.807, 2.05) is 0 Å². The summed E-state index contributed by atoms with van der Waals surface area (Å²) in [4.78, 5) is 14.2. The first-order valence-electron chi connectivity index (χ1n) is 7.67. The van der Waals surface area contributed by atoms with Crippen LogP contribution in [0, 0.1) is 11.3 Å². The molecule has 2 atom stereocenters. The van der Waals surface area contributed by atoms with Crippen molar-refractivity contribution >= 4 is 5.91 Å². The summed E-state index contributed by atoms with van der Waals surface area (Å²) in [6.07, 6.45) is -3.98. The van der Waals surface area contributed by atoms with Crippen LogP contribution in [0.2, 0.25) is 0 Å². The number of alkyl halides is 3. The summed E-state index contributed by atoms with van der Waals surface area (Å²) in [5, 5.41) is 9.73. The minimum atomic E-state index is -4.76. The van der Waals surface area contributed by atoms with Crippen LogP contribution in [0.15, 0.2) is 24.3 Å². The van der Waals surface area contributed by atoms with E-state index in [2.05, 4.69) is 4.74 Å². The van der Waals surface area contributed by atoms with E-state index in [-0.39, 0.29) is 29.7 Å². The maximum atomic E-state index is 12.6. The highest BCUT2D eigenvalue weighted by atomic mass is 19.4. The number of carbonyl (C=O) groups excluding carboxylic acids is 1. The number of nitrogens with zero attached hydrogens (tertiary/aromatic N) is 1. The van der Waals surface area contributed by atoms with Gasteiger partial charge in [-0.05, 0) is 36.6 Å². The van der Waals surface area contributed by atoms with Crippen LogP contribution in [0.3, 0.4) is 0 Å². The topological polar surface area (TPSA) is 59.0 Å². The molecule has 2 heterocycles. The molecule has 0 aliphatic carbocycles. The molecule has 1 aromatic carbocycles. The fourth-order valence-corrected chi connectivity index (χ4v) is 3.46. The molecule has 132 valence electrons. The number of halogens is 3. The largest absolute Gasteiger partial charge is 0.573 e. The van der Waals surface area contributed by atoms with Gasteiger partial charge in [0.2, 0.25) is 0 Å². The molecule has 1 aromatic rings. The highest BCUT2D eigenvalue weighted by molar-refractivity contribution is 5.94. The third-order valence-corrected chi connectivity index (χ3v) is 4.75. The number of benzene rings is 1. The van der Waals surface area contributed by atoms with E-state index in [0.717, 1.165) is 18.6 Å². The molecular formula is C16H18F3NO4.